The number of rotatable bonds is 9. The first-order valence-corrected chi connectivity index (χ1v) is 6.66. The topological polar surface area (TPSA) is 50.7 Å². The highest BCUT2D eigenvalue weighted by Gasteiger charge is 2.11. The Balaban J connectivity index is 2.27. The van der Waals surface area contributed by atoms with Crippen LogP contribution in [-0.4, -0.2) is 43.7 Å². The van der Waals surface area contributed by atoms with Gasteiger partial charge in [-0.15, -0.1) is 0 Å². The molecule has 0 radical (unpaired) electrons. The van der Waals surface area contributed by atoms with Crippen molar-refractivity contribution in [1.29, 1.82) is 0 Å². The smallest absolute Gasteiger partial charge is 0.161 e. The van der Waals surface area contributed by atoms with Crippen molar-refractivity contribution in [3.63, 3.8) is 0 Å². The minimum absolute atomic E-state index is 0.0275. The van der Waals surface area contributed by atoms with Gasteiger partial charge in [0.1, 0.15) is 5.82 Å². The molecular weight excluding hydrogens is 287 g/mol. The minimum atomic E-state index is -1.26. The highest BCUT2D eigenvalue weighted by atomic mass is 19.2. The summed E-state index contributed by atoms with van der Waals surface area (Å²) >= 11 is 0. The summed E-state index contributed by atoms with van der Waals surface area (Å²) in [6, 6.07) is 1.15. The van der Waals surface area contributed by atoms with E-state index in [0.29, 0.717) is 25.3 Å². The number of benzene rings is 1. The van der Waals surface area contributed by atoms with Crippen LogP contribution in [0.2, 0.25) is 0 Å². The largest absolute Gasteiger partial charge is 0.389 e. The number of hydrogen-bond donors (Lipinski definition) is 2. The summed E-state index contributed by atoms with van der Waals surface area (Å²) in [6.07, 6.45) is -0.798. The Kier molecular flexibility index (Phi) is 7.49. The zero-order valence-corrected chi connectivity index (χ0v) is 12.0. The molecule has 0 amide bonds. The third kappa shape index (κ3) is 6.79. The van der Waals surface area contributed by atoms with E-state index < -0.39 is 23.6 Å². The van der Waals surface area contributed by atoms with Gasteiger partial charge in [-0.05, 0) is 13.8 Å². The molecule has 2 N–H and O–H groups in total. The van der Waals surface area contributed by atoms with Crippen molar-refractivity contribution in [1.82, 2.24) is 0 Å². The number of halogens is 3. The van der Waals surface area contributed by atoms with E-state index in [9.17, 15) is 18.3 Å². The average molecular weight is 307 g/mol. The summed E-state index contributed by atoms with van der Waals surface area (Å²) in [5.74, 6) is -3.34. The molecule has 0 aromatic heterocycles. The average Bonchev–Trinajstić information content (AvgIpc) is 2.40. The number of anilines is 1. The van der Waals surface area contributed by atoms with Crippen LogP contribution >= 0.6 is 0 Å². The second-order valence-corrected chi connectivity index (χ2v) is 4.78. The highest BCUT2D eigenvalue weighted by Crippen LogP contribution is 2.18. The molecule has 0 saturated heterocycles. The van der Waals surface area contributed by atoms with Crippen LogP contribution in [0.4, 0.5) is 18.9 Å². The highest BCUT2D eigenvalue weighted by molar-refractivity contribution is 5.45. The van der Waals surface area contributed by atoms with E-state index in [-0.39, 0.29) is 24.9 Å². The number of aliphatic hydroxyl groups is 1. The molecule has 0 aliphatic heterocycles. The Morgan fingerprint density at radius 3 is 2.43 bits per heavy atom. The standard InChI is InChI=1S/C14H20F3NO3/c1-9(2)21-4-3-20-8-10(19)7-18-14-6-12(16)11(15)5-13(14)17/h5-6,9-10,18-19H,3-4,7-8H2,1-2H3. The molecule has 0 heterocycles. The van der Waals surface area contributed by atoms with E-state index in [1.807, 2.05) is 13.8 Å². The second-order valence-electron chi connectivity index (χ2n) is 4.78. The maximum Gasteiger partial charge on any atom is 0.161 e. The predicted octanol–water partition coefficient (Wildman–Crippen LogP) is 2.32. The van der Waals surface area contributed by atoms with Gasteiger partial charge < -0.3 is 19.9 Å². The van der Waals surface area contributed by atoms with Crippen molar-refractivity contribution in [2.75, 3.05) is 31.7 Å². The molecule has 1 rings (SSSR count). The Labute approximate surface area is 121 Å². The molecule has 1 atom stereocenters. The molecule has 1 unspecified atom stereocenters. The van der Waals surface area contributed by atoms with Gasteiger partial charge in [0, 0.05) is 18.7 Å². The predicted molar refractivity (Wildman–Crippen MR) is 72.7 cm³/mol. The van der Waals surface area contributed by atoms with Crippen LogP contribution in [0.15, 0.2) is 12.1 Å². The summed E-state index contributed by atoms with van der Waals surface area (Å²) < 4.78 is 49.4. The number of nitrogens with one attached hydrogen (secondary N) is 1. The van der Waals surface area contributed by atoms with Gasteiger partial charge >= 0.3 is 0 Å². The number of aliphatic hydroxyl groups excluding tert-OH is 1. The van der Waals surface area contributed by atoms with Crippen LogP contribution in [0.1, 0.15) is 13.8 Å². The van der Waals surface area contributed by atoms with Gasteiger partial charge in [-0.1, -0.05) is 0 Å². The van der Waals surface area contributed by atoms with Gasteiger partial charge in [-0.2, -0.15) is 0 Å². The minimum Gasteiger partial charge on any atom is -0.389 e. The first-order chi connectivity index (χ1) is 9.90. The summed E-state index contributed by atoms with van der Waals surface area (Å²) in [5.41, 5.74) is -0.212. The molecule has 1 aromatic rings. The van der Waals surface area contributed by atoms with Crippen LogP contribution in [-0.2, 0) is 9.47 Å². The molecule has 1 aromatic carbocycles. The Hall–Kier alpha value is -1.31. The SMILES string of the molecule is CC(C)OCCOCC(O)CNc1cc(F)c(F)cc1F. The third-order valence-electron chi connectivity index (χ3n) is 2.53. The fourth-order valence-corrected chi connectivity index (χ4v) is 1.51. The lowest BCUT2D eigenvalue weighted by Gasteiger charge is -2.14. The van der Waals surface area contributed by atoms with Crippen LogP contribution in [0.25, 0.3) is 0 Å². The summed E-state index contributed by atoms with van der Waals surface area (Å²) in [5, 5.41) is 12.1. The summed E-state index contributed by atoms with van der Waals surface area (Å²) in [4.78, 5) is 0. The normalized spacial score (nSPS) is 12.7. The van der Waals surface area contributed by atoms with Crippen LogP contribution < -0.4 is 5.32 Å². The van der Waals surface area contributed by atoms with Crippen LogP contribution in [0, 0.1) is 17.5 Å². The van der Waals surface area contributed by atoms with Crippen LogP contribution in [0.3, 0.4) is 0 Å². The molecule has 0 spiro atoms. The van der Waals surface area contributed by atoms with Crippen molar-refractivity contribution in [3.05, 3.63) is 29.6 Å². The molecule has 0 fully saturated rings. The van der Waals surface area contributed by atoms with Gasteiger partial charge in [0.2, 0.25) is 0 Å². The molecule has 0 bridgehead atoms. The molecular formula is C14H20F3NO3. The lowest BCUT2D eigenvalue weighted by atomic mass is 10.2. The number of hydrogen-bond acceptors (Lipinski definition) is 4. The molecule has 7 heteroatoms. The maximum atomic E-state index is 13.3. The monoisotopic (exact) mass is 307 g/mol. The second kappa shape index (κ2) is 8.86. The maximum absolute atomic E-state index is 13.3. The Morgan fingerprint density at radius 2 is 1.76 bits per heavy atom. The Bertz CT molecular complexity index is 444. The quantitative estimate of drug-likeness (QED) is 0.543. The third-order valence-corrected chi connectivity index (χ3v) is 2.53. The Morgan fingerprint density at radius 1 is 1.10 bits per heavy atom. The molecule has 0 saturated carbocycles. The van der Waals surface area contributed by atoms with Gasteiger partial charge in [0.25, 0.3) is 0 Å². The van der Waals surface area contributed by atoms with Gasteiger partial charge in [-0.25, -0.2) is 13.2 Å². The van der Waals surface area contributed by atoms with Gasteiger partial charge in [0.05, 0.1) is 37.7 Å². The van der Waals surface area contributed by atoms with Crippen molar-refractivity contribution in [2.45, 2.75) is 26.1 Å². The van der Waals surface area contributed by atoms with E-state index in [1.165, 1.54) is 0 Å². The lowest BCUT2D eigenvalue weighted by molar-refractivity contribution is -0.00735. The molecule has 4 nitrogen and oxygen atoms in total. The summed E-state index contributed by atoms with van der Waals surface area (Å²) in [7, 11) is 0. The molecule has 21 heavy (non-hydrogen) atoms. The van der Waals surface area contributed by atoms with Crippen molar-refractivity contribution < 1.29 is 27.8 Å². The summed E-state index contributed by atoms with van der Waals surface area (Å²) in [6.45, 7) is 4.52. The van der Waals surface area contributed by atoms with Crippen molar-refractivity contribution in [2.24, 2.45) is 0 Å². The van der Waals surface area contributed by atoms with E-state index in [1.54, 1.807) is 0 Å². The van der Waals surface area contributed by atoms with E-state index >= 15 is 0 Å². The number of ether oxygens (including phenoxy) is 2. The zero-order chi connectivity index (χ0) is 15.8. The first kappa shape index (κ1) is 17.7. The molecule has 120 valence electrons. The first-order valence-electron chi connectivity index (χ1n) is 6.66. The van der Waals surface area contributed by atoms with Crippen molar-refractivity contribution in [3.8, 4) is 0 Å². The van der Waals surface area contributed by atoms with Gasteiger partial charge in [-0.3, -0.25) is 0 Å². The lowest BCUT2D eigenvalue weighted by Crippen LogP contribution is -2.26. The fraction of sp³-hybridized carbons (Fsp3) is 0.571. The zero-order valence-electron chi connectivity index (χ0n) is 12.0. The molecule has 0 aliphatic rings. The fourth-order valence-electron chi connectivity index (χ4n) is 1.51. The molecule has 0 aliphatic carbocycles. The van der Waals surface area contributed by atoms with Gasteiger partial charge in [0.15, 0.2) is 11.6 Å². The van der Waals surface area contributed by atoms with Crippen molar-refractivity contribution >= 4 is 5.69 Å². The van der Waals surface area contributed by atoms with E-state index in [0.717, 1.165) is 0 Å². The van der Waals surface area contributed by atoms with E-state index in [4.69, 9.17) is 9.47 Å². The van der Waals surface area contributed by atoms with E-state index in [2.05, 4.69) is 5.32 Å². The van der Waals surface area contributed by atoms with Crippen LogP contribution in [0.5, 0.6) is 0 Å².